The lowest BCUT2D eigenvalue weighted by atomic mass is 10.2. The van der Waals surface area contributed by atoms with E-state index in [1.165, 1.54) is 0 Å². The SMILES string of the molecule is NCc1cnc(Oc2ccc3cccnc3c2)cn1. The van der Waals surface area contributed by atoms with E-state index in [-0.39, 0.29) is 0 Å². The molecule has 5 heteroatoms. The zero-order valence-corrected chi connectivity index (χ0v) is 10.2. The van der Waals surface area contributed by atoms with Crippen molar-refractivity contribution >= 4 is 10.9 Å². The van der Waals surface area contributed by atoms with E-state index in [9.17, 15) is 0 Å². The zero-order chi connectivity index (χ0) is 13.1. The summed E-state index contributed by atoms with van der Waals surface area (Å²) in [6.07, 6.45) is 4.92. The molecule has 0 aliphatic heterocycles. The van der Waals surface area contributed by atoms with Gasteiger partial charge in [-0.15, -0.1) is 0 Å². The Labute approximate surface area is 110 Å². The molecule has 94 valence electrons. The summed E-state index contributed by atoms with van der Waals surface area (Å²) >= 11 is 0. The molecule has 5 nitrogen and oxygen atoms in total. The van der Waals surface area contributed by atoms with E-state index in [1.807, 2.05) is 30.3 Å². The molecule has 0 aliphatic carbocycles. The maximum Gasteiger partial charge on any atom is 0.237 e. The highest BCUT2D eigenvalue weighted by atomic mass is 16.5. The highest BCUT2D eigenvalue weighted by Gasteiger charge is 2.02. The summed E-state index contributed by atoms with van der Waals surface area (Å²) in [7, 11) is 0. The van der Waals surface area contributed by atoms with Crippen LogP contribution in [0.1, 0.15) is 5.69 Å². The molecule has 3 rings (SSSR count). The quantitative estimate of drug-likeness (QED) is 0.774. The topological polar surface area (TPSA) is 73.9 Å². The minimum Gasteiger partial charge on any atom is -0.437 e. The standard InChI is InChI=1S/C14H12N4O/c15-7-11-8-18-14(9-17-11)19-12-4-3-10-2-1-5-16-13(10)6-12/h1-6,8-9H,7,15H2. The summed E-state index contributed by atoms with van der Waals surface area (Å²) in [5, 5.41) is 1.07. The fourth-order valence-electron chi connectivity index (χ4n) is 1.73. The first-order chi connectivity index (χ1) is 9.35. The van der Waals surface area contributed by atoms with E-state index in [0.29, 0.717) is 18.2 Å². The van der Waals surface area contributed by atoms with Gasteiger partial charge in [-0.3, -0.25) is 9.97 Å². The van der Waals surface area contributed by atoms with Gasteiger partial charge in [-0.1, -0.05) is 6.07 Å². The van der Waals surface area contributed by atoms with Crippen molar-refractivity contribution in [2.45, 2.75) is 6.54 Å². The Kier molecular flexibility index (Phi) is 3.04. The molecule has 0 atom stereocenters. The molecule has 2 heterocycles. The normalized spacial score (nSPS) is 10.6. The van der Waals surface area contributed by atoms with Crippen molar-refractivity contribution in [1.82, 2.24) is 15.0 Å². The van der Waals surface area contributed by atoms with Gasteiger partial charge >= 0.3 is 0 Å². The molecular formula is C14H12N4O. The van der Waals surface area contributed by atoms with Crippen LogP contribution in [0.5, 0.6) is 11.6 Å². The molecule has 19 heavy (non-hydrogen) atoms. The fourth-order valence-corrected chi connectivity index (χ4v) is 1.73. The average Bonchev–Trinajstić information content (AvgIpc) is 2.48. The number of hydrogen-bond donors (Lipinski definition) is 1. The van der Waals surface area contributed by atoms with Crippen molar-refractivity contribution in [1.29, 1.82) is 0 Å². The lowest BCUT2D eigenvalue weighted by Crippen LogP contribution is -2.00. The second-order valence-corrected chi connectivity index (χ2v) is 4.01. The number of rotatable bonds is 3. The van der Waals surface area contributed by atoms with E-state index in [1.54, 1.807) is 18.6 Å². The van der Waals surface area contributed by atoms with Crippen molar-refractivity contribution in [3.05, 3.63) is 54.6 Å². The monoisotopic (exact) mass is 252 g/mol. The van der Waals surface area contributed by atoms with Gasteiger partial charge in [-0.05, 0) is 18.2 Å². The first-order valence-corrected chi connectivity index (χ1v) is 5.89. The molecule has 1 aromatic carbocycles. The molecule has 2 N–H and O–H groups in total. The summed E-state index contributed by atoms with van der Waals surface area (Å²) in [4.78, 5) is 12.5. The average molecular weight is 252 g/mol. The van der Waals surface area contributed by atoms with Gasteiger partial charge in [0, 0.05) is 24.2 Å². The minimum atomic E-state index is 0.368. The molecule has 0 saturated carbocycles. The third-order valence-electron chi connectivity index (χ3n) is 2.69. The van der Waals surface area contributed by atoms with E-state index in [2.05, 4.69) is 15.0 Å². The molecule has 0 radical (unpaired) electrons. The fraction of sp³-hybridized carbons (Fsp3) is 0.0714. The highest BCUT2D eigenvalue weighted by Crippen LogP contribution is 2.22. The Balaban J connectivity index is 1.87. The molecule has 2 aromatic heterocycles. The van der Waals surface area contributed by atoms with Crippen molar-refractivity contribution in [3.8, 4) is 11.6 Å². The molecule has 0 unspecified atom stereocenters. The third kappa shape index (κ3) is 2.51. The lowest BCUT2D eigenvalue weighted by Gasteiger charge is -2.05. The molecule has 0 aliphatic rings. The highest BCUT2D eigenvalue weighted by molar-refractivity contribution is 5.79. The van der Waals surface area contributed by atoms with Gasteiger partial charge in [0.05, 0.1) is 23.6 Å². The van der Waals surface area contributed by atoms with Crippen LogP contribution in [-0.2, 0) is 6.54 Å². The smallest absolute Gasteiger partial charge is 0.237 e. The lowest BCUT2D eigenvalue weighted by molar-refractivity contribution is 0.460. The molecule has 0 spiro atoms. The van der Waals surface area contributed by atoms with Gasteiger partial charge in [0.1, 0.15) is 5.75 Å². The molecule has 0 saturated heterocycles. The van der Waals surface area contributed by atoms with Crippen LogP contribution in [-0.4, -0.2) is 15.0 Å². The van der Waals surface area contributed by atoms with Crippen LogP contribution in [0.2, 0.25) is 0 Å². The summed E-state index contributed by atoms with van der Waals surface area (Å²) < 4.78 is 5.63. The van der Waals surface area contributed by atoms with Crippen LogP contribution in [0.25, 0.3) is 10.9 Å². The number of aromatic nitrogens is 3. The largest absolute Gasteiger partial charge is 0.437 e. The Morgan fingerprint density at radius 3 is 2.79 bits per heavy atom. The van der Waals surface area contributed by atoms with E-state index < -0.39 is 0 Å². The van der Waals surface area contributed by atoms with E-state index in [0.717, 1.165) is 16.6 Å². The Morgan fingerprint density at radius 2 is 2.00 bits per heavy atom. The number of nitrogens with zero attached hydrogens (tertiary/aromatic N) is 3. The molecule has 3 aromatic rings. The maximum atomic E-state index is 5.63. The predicted molar refractivity (Wildman–Crippen MR) is 71.7 cm³/mol. The van der Waals surface area contributed by atoms with Crippen LogP contribution < -0.4 is 10.5 Å². The summed E-state index contributed by atoms with van der Waals surface area (Å²) in [5.74, 6) is 1.12. The predicted octanol–water partition coefficient (Wildman–Crippen LogP) is 2.28. The number of pyridine rings is 1. The zero-order valence-electron chi connectivity index (χ0n) is 10.2. The Morgan fingerprint density at radius 1 is 1.05 bits per heavy atom. The van der Waals surface area contributed by atoms with Gasteiger partial charge < -0.3 is 10.5 Å². The summed E-state index contributed by atoms with van der Waals surface area (Å²) in [6, 6.07) is 9.61. The summed E-state index contributed by atoms with van der Waals surface area (Å²) in [5.41, 5.74) is 7.07. The van der Waals surface area contributed by atoms with Gasteiger partial charge in [-0.25, -0.2) is 4.98 Å². The molecular weight excluding hydrogens is 240 g/mol. The third-order valence-corrected chi connectivity index (χ3v) is 2.69. The number of fused-ring (bicyclic) bond motifs is 1. The van der Waals surface area contributed by atoms with Crippen LogP contribution in [0.4, 0.5) is 0 Å². The Hall–Kier alpha value is -2.53. The number of ether oxygens (including phenoxy) is 1. The first-order valence-electron chi connectivity index (χ1n) is 5.89. The van der Waals surface area contributed by atoms with Gasteiger partial charge in [0.25, 0.3) is 0 Å². The molecule has 0 bridgehead atoms. The van der Waals surface area contributed by atoms with Gasteiger partial charge in [0.2, 0.25) is 5.88 Å². The maximum absolute atomic E-state index is 5.63. The van der Waals surface area contributed by atoms with E-state index in [4.69, 9.17) is 10.5 Å². The van der Waals surface area contributed by atoms with Gasteiger partial charge in [-0.2, -0.15) is 0 Å². The number of nitrogens with two attached hydrogens (primary N) is 1. The second-order valence-electron chi connectivity index (χ2n) is 4.01. The van der Waals surface area contributed by atoms with E-state index >= 15 is 0 Å². The van der Waals surface area contributed by atoms with Crippen LogP contribution in [0.3, 0.4) is 0 Å². The molecule has 0 fully saturated rings. The minimum absolute atomic E-state index is 0.368. The number of benzene rings is 1. The van der Waals surface area contributed by atoms with Crippen molar-refractivity contribution in [2.75, 3.05) is 0 Å². The van der Waals surface area contributed by atoms with Crippen LogP contribution >= 0.6 is 0 Å². The van der Waals surface area contributed by atoms with Crippen LogP contribution in [0.15, 0.2) is 48.9 Å². The first kappa shape index (κ1) is 11.6. The second kappa shape index (κ2) is 4.99. The van der Waals surface area contributed by atoms with Crippen molar-refractivity contribution in [3.63, 3.8) is 0 Å². The Bertz CT molecular complexity index is 697. The van der Waals surface area contributed by atoms with Crippen LogP contribution in [0, 0.1) is 0 Å². The molecule has 0 amide bonds. The van der Waals surface area contributed by atoms with Crippen molar-refractivity contribution in [2.24, 2.45) is 5.73 Å². The van der Waals surface area contributed by atoms with Crippen molar-refractivity contribution < 1.29 is 4.74 Å². The number of hydrogen-bond acceptors (Lipinski definition) is 5. The summed E-state index contributed by atoms with van der Waals surface area (Å²) in [6.45, 7) is 0.368. The van der Waals surface area contributed by atoms with Gasteiger partial charge in [0.15, 0.2) is 0 Å².